The molecule has 1 amide bonds. The fourth-order valence-corrected chi connectivity index (χ4v) is 2.54. The summed E-state index contributed by atoms with van der Waals surface area (Å²) in [6.45, 7) is 1.40. The first-order valence-electron chi connectivity index (χ1n) is 7.53. The maximum Gasteiger partial charge on any atom is 0.258 e. The van der Waals surface area contributed by atoms with E-state index in [2.05, 4.69) is 5.32 Å². The quantitative estimate of drug-likeness (QED) is 0.752. The van der Waals surface area contributed by atoms with Crippen molar-refractivity contribution in [1.82, 2.24) is 4.57 Å². The van der Waals surface area contributed by atoms with Crippen molar-refractivity contribution in [2.45, 2.75) is 13.5 Å². The lowest BCUT2D eigenvalue weighted by atomic mass is 10.1. The molecule has 3 aromatic rings. The lowest BCUT2D eigenvalue weighted by Gasteiger charge is -2.08. The van der Waals surface area contributed by atoms with Gasteiger partial charge in [0.15, 0.2) is 5.78 Å². The van der Waals surface area contributed by atoms with Gasteiger partial charge in [0.1, 0.15) is 0 Å². The number of anilines is 1. The van der Waals surface area contributed by atoms with Crippen molar-refractivity contribution in [2.75, 3.05) is 5.32 Å². The largest absolute Gasteiger partial charge is 0.326 e. The summed E-state index contributed by atoms with van der Waals surface area (Å²) in [7, 11) is 0. The van der Waals surface area contributed by atoms with Crippen LogP contribution in [-0.2, 0) is 11.3 Å². The zero-order chi connectivity index (χ0) is 17.1. The Morgan fingerprint density at radius 3 is 2.42 bits per heavy atom. The van der Waals surface area contributed by atoms with Crippen LogP contribution in [0.5, 0.6) is 0 Å². The minimum atomic E-state index is -0.184. The third-order valence-corrected chi connectivity index (χ3v) is 3.73. The molecular weight excluding hydrogens is 304 g/mol. The Kier molecular flexibility index (Phi) is 4.24. The zero-order valence-corrected chi connectivity index (χ0v) is 13.2. The number of carbonyl (C=O) groups is 2. The third kappa shape index (κ3) is 3.25. The van der Waals surface area contributed by atoms with Crippen molar-refractivity contribution in [3.05, 3.63) is 76.7 Å². The van der Waals surface area contributed by atoms with Gasteiger partial charge in [0.25, 0.3) is 5.56 Å². The van der Waals surface area contributed by atoms with E-state index in [0.717, 1.165) is 5.39 Å². The van der Waals surface area contributed by atoms with E-state index in [1.165, 1.54) is 11.5 Å². The predicted molar refractivity (Wildman–Crippen MR) is 93.3 cm³/mol. The number of ketones is 1. The summed E-state index contributed by atoms with van der Waals surface area (Å²) in [5.41, 5.74) is 0.933. The van der Waals surface area contributed by atoms with Gasteiger partial charge in [-0.3, -0.25) is 14.4 Å². The molecule has 0 saturated carbocycles. The molecule has 5 heteroatoms. The highest BCUT2D eigenvalue weighted by atomic mass is 16.1. The van der Waals surface area contributed by atoms with Crippen molar-refractivity contribution in [3.63, 3.8) is 0 Å². The summed E-state index contributed by atoms with van der Waals surface area (Å²) in [5.74, 6) is -0.335. The van der Waals surface area contributed by atoms with Crippen LogP contribution < -0.4 is 10.9 Å². The molecule has 0 aliphatic rings. The Morgan fingerprint density at radius 2 is 1.71 bits per heavy atom. The van der Waals surface area contributed by atoms with Crippen LogP contribution in [0.15, 0.2) is 65.6 Å². The molecule has 5 nitrogen and oxygen atoms in total. The monoisotopic (exact) mass is 320 g/mol. The van der Waals surface area contributed by atoms with E-state index in [-0.39, 0.29) is 23.8 Å². The molecule has 0 spiro atoms. The number of nitrogens with one attached hydrogen (secondary N) is 1. The van der Waals surface area contributed by atoms with Crippen LogP contribution in [0, 0.1) is 0 Å². The normalized spacial score (nSPS) is 10.5. The summed E-state index contributed by atoms with van der Waals surface area (Å²) in [6.07, 6.45) is 1.63. The molecule has 24 heavy (non-hydrogen) atoms. The van der Waals surface area contributed by atoms with Gasteiger partial charge in [-0.25, -0.2) is 0 Å². The number of aromatic nitrogens is 1. The van der Waals surface area contributed by atoms with Gasteiger partial charge >= 0.3 is 0 Å². The number of nitrogens with zero attached hydrogens (tertiary/aromatic N) is 1. The number of carbonyl (C=O) groups excluding carboxylic acids is 2. The molecule has 0 atom stereocenters. The van der Waals surface area contributed by atoms with Crippen LogP contribution in [0.2, 0.25) is 0 Å². The lowest BCUT2D eigenvalue weighted by Crippen LogP contribution is -2.23. The summed E-state index contributed by atoms with van der Waals surface area (Å²) in [6, 6.07) is 15.7. The second-order valence-corrected chi connectivity index (χ2v) is 5.52. The van der Waals surface area contributed by atoms with E-state index in [1.807, 2.05) is 18.2 Å². The van der Waals surface area contributed by atoms with Gasteiger partial charge < -0.3 is 9.88 Å². The summed E-state index contributed by atoms with van der Waals surface area (Å²) in [4.78, 5) is 35.8. The van der Waals surface area contributed by atoms with Gasteiger partial charge in [-0.05, 0) is 41.8 Å². The SMILES string of the molecule is CC(=O)Nc1ccc(C(=O)Cn2ccc3ccccc3c2=O)cc1. The van der Waals surface area contributed by atoms with Crippen LogP contribution in [0.25, 0.3) is 10.8 Å². The van der Waals surface area contributed by atoms with Crippen LogP contribution in [0.1, 0.15) is 17.3 Å². The average Bonchev–Trinajstić information content (AvgIpc) is 2.57. The Bertz CT molecular complexity index is 972. The maximum absolute atomic E-state index is 12.4. The molecule has 0 aliphatic heterocycles. The molecule has 0 unspecified atom stereocenters. The topological polar surface area (TPSA) is 68.2 Å². The van der Waals surface area contributed by atoms with Crippen LogP contribution >= 0.6 is 0 Å². The Balaban J connectivity index is 1.83. The number of pyridine rings is 1. The van der Waals surface area contributed by atoms with Gasteiger partial charge in [0.05, 0.1) is 6.54 Å². The lowest BCUT2D eigenvalue weighted by molar-refractivity contribution is -0.114. The molecule has 3 rings (SSSR count). The third-order valence-electron chi connectivity index (χ3n) is 3.73. The fraction of sp³-hybridized carbons (Fsp3) is 0.105. The van der Waals surface area contributed by atoms with Crippen LogP contribution in [-0.4, -0.2) is 16.3 Å². The smallest absolute Gasteiger partial charge is 0.258 e. The first-order valence-corrected chi connectivity index (χ1v) is 7.53. The number of rotatable bonds is 4. The van der Waals surface area contributed by atoms with Gasteiger partial charge in [-0.1, -0.05) is 18.2 Å². The zero-order valence-electron chi connectivity index (χ0n) is 13.2. The highest BCUT2D eigenvalue weighted by Crippen LogP contribution is 2.12. The number of hydrogen-bond donors (Lipinski definition) is 1. The van der Waals surface area contributed by atoms with E-state index in [4.69, 9.17) is 0 Å². The van der Waals surface area contributed by atoms with Gasteiger partial charge in [0.2, 0.25) is 5.91 Å². The number of fused-ring (bicyclic) bond motifs is 1. The second-order valence-electron chi connectivity index (χ2n) is 5.52. The van der Waals surface area contributed by atoms with Crippen LogP contribution in [0.3, 0.4) is 0 Å². The van der Waals surface area contributed by atoms with E-state index < -0.39 is 0 Å². The Hall–Kier alpha value is -3.21. The molecule has 2 aromatic carbocycles. The van der Waals surface area contributed by atoms with Crippen molar-refractivity contribution in [1.29, 1.82) is 0 Å². The Labute approximate surface area is 138 Å². The van der Waals surface area contributed by atoms with Crippen molar-refractivity contribution in [2.24, 2.45) is 0 Å². The molecule has 0 radical (unpaired) electrons. The number of amides is 1. The highest BCUT2D eigenvalue weighted by molar-refractivity contribution is 5.97. The van der Waals surface area contributed by atoms with E-state index in [1.54, 1.807) is 42.6 Å². The molecule has 0 aliphatic carbocycles. The molecule has 1 aromatic heterocycles. The predicted octanol–water partition coefficient (Wildman–Crippen LogP) is 2.84. The van der Waals surface area contributed by atoms with Crippen molar-refractivity contribution < 1.29 is 9.59 Å². The standard InChI is InChI=1S/C19H16N2O3/c1-13(22)20-16-8-6-15(7-9-16)18(23)12-21-11-10-14-4-2-3-5-17(14)19(21)24/h2-11H,12H2,1H3,(H,20,22). The minimum absolute atomic E-state index is 0.0247. The molecular formula is C19H16N2O3. The van der Waals surface area contributed by atoms with Gasteiger partial charge in [0, 0.05) is 29.8 Å². The van der Waals surface area contributed by atoms with Crippen molar-refractivity contribution in [3.8, 4) is 0 Å². The minimum Gasteiger partial charge on any atom is -0.326 e. The molecule has 120 valence electrons. The van der Waals surface area contributed by atoms with E-state index >= 15 is 0 Å². The number of benzene rings is 2. The summed E-state index contributed by atoms with van der Waals surface area (Å²) < 4.78 is 1.41. The molecule has 0 saturated heterocycles. The maximum atomic E-state index is 12.4. The summed E-state index contributed by atoms with van der Waals surface area (Å²) in [5, 5.41) is 4.09. The molecule has 0 bridgehead atoms. The molecule has 0 fully saturated rings. The van der Waals surface area contributed by atoms with Gasteiger partial charge in [-0.15, -0.1) is 0 Å². The number of hydrogen-bond acceptors (Lipinski definition) is 3. The Morgan fingerprint density at radius 1 is 1.00 bits per heavy atom. The highest BCUT2D eigenvalue weighted by Gasteiger charge is 2.09. The first-order chi connectivity index (χ1) is 11.5. The molecule has 1 heterocycles. The van der Waals surface area contributed by atoms with Crippen LogP contribution in [0.4, 0.5) is 5.69 Å². The average molecular weight is 320 g/mol. The number of Topliss-reactive ketones (excluding diaryl/α,β-unsaturated/α-hetero) is 1. The van der Waals surface area contributed by atoms with E-state index in [0.29, 0.717) is 16.6 Å². The first kappa shape index (κ1) is 15.7. The summed E-state index contributed by atoms with van der Waals surface area (Å²) >= 11 is 0. The second kappa shape index (κ2) is 6.50. The van der Waals surface area contributed by atoms with Crippen molar-refractivity contribution >= 4 is 28.2 Å². The van der Waals surface area contributed by atoms with Gasteiger partial charge in [-0.2, -0.15) is 0 Å². The molecule has 1 N–H and O–H groups in total. The fourth-order valence-electron chi connectivity index (χ4n) is 2.54. The van der Waals surface area contributed by atoms with E-state index in [9.17, 15) is 14.4 Å².